The fraction of sp³-hybridized carbons (Fsp3) is 0.400. The molecule has 1 N–H and O–H groups in total. The number of nitrogens with one attached hydrogen (secondary N) is 1. The van der Waals surface area contributed by atoms with Gasteiger partial charge in [-0.25, -0.2) is 0 Å². The van der Waals surface area contributed by atoms with E-state index < -0.39 is 11.7 Å². The molecule has 0 aromatic heterocycles. The van der Waals surface area contributed by atoms with Gasteiger partial charge in [0.2, 0.25) is 0 Å². The topological polar surface area (TPSA) is 35.8 Å². The van der Waals surface area contributed by atoms with Gasteiger partial charge in [-0.3, -0.25) is 0 Å². The van der Waals surface area contributed by atoms with Crippen LogP contribution >= 0.6 is 0 Å². The monoisotopic (exact) mass is 280 g/mol. The van der Waals surface area contributed by atoms with E-state index in [2.05, 4.69) is 17.5 Å². The minimum atomic E-state index is -4.50. The molecule has 1 unspecified atom stereocenters. The lowest BCUT2D eigenvalue weighted by Gasteiger charge is -2.19. The highest BCUT2D eigenvalue weighted by Crippen LogP contribution is 2.33. The Labute approximate surface area is 115 Å². The zero-order valence-electron chi connectivity index (χ0n) is 10.9. The van der Waals surface area contributed by atoms with Gasteiger partial charge in [-0.15, -0.1) is 0 Å². The Morgan fingerprint density at radius 1 is 1.30 bits per heavy atom. The summed E-state index contributed by atoms with van der Waals surface area (Å²) in [5.41, 5.74) is -0.817. The third kappa shape index (κ3) is 3.53. The Kier molecular flexibility index (Phi) is 4.33. The number of rotatable bonds is 3. The molecule has 0 aliphatic heterocycles. The zero-order chi connectivity index (χ0) is 14.6. The summed E-state index contributed by atoms with van der Waals surface area (Å²) < 4.78 is 38.5. The van der Waals surface area contributed by atoms with Gasteiger partial charge in [0.15, 0.2) is 0 Å². The predicted octanol–water partition coefficient (Wildman–Crippen LogP) is 4.35. The van der Waals surface area contributed by atoms with E-state index in [1.807, 2.05) is 0 Å². The van der Waals surface area contributed by atoms with Gasteiger partial charge in [0.25, 0.3) is 0 Å². The van der Waals surface area contributed by atoms with Crippen molar-refractivity contribution in [2.45, 2.75) is 25.4 Å². The molecule has 5 heteroatoms. The van der Waals surface area contributed by atoms with E-state index in [1.54, 1.807) is 6.07 Å². The molecule has 0 bridgehead atoms. The van der Waals surface area contributed by atoms with Crippen LogP contribution in [0.25, 0.3) is 0 Å². The fourth-order valence-corrected chi connectivity index (χ4v) is 2.29. The summed E-state index contributed by atoms with van der Waals surface area (Å²) in [5.74, 6) is 0.449. The zero-order valence-corrected chi connectivity index (χ0v) is 10.9. The first-order valence-electron chi connectivity index (χ1n) is 6.51. The summed E-state index contributed by atoms with van der Waals surface area (Å²) >= 11 is 0. The molecule has 1 aromatic carbocycles. The van der Waals surface area contributed by atoms with Crippen molar-refractivity contribution in [1.82, 2.24) is 0 Å². The summed E-state index contributed by atoms with van der Waals surface area (Å²) in [7, 11) is 0. The van der Waals surface area contributed by atoms with Gasteiger partial charge in [0.05, 0.1) is 17.2 Å². The summed E-state index contributed by atoms with van der Waals surface area (Å²) in [6.45, 7) is 0.646. The van der Waals surface area contributed by atoms with E-state index in [1.165, 1.54) is 12.1 Å². The second kappa shape index (κ2) is 6.00. The van der Waals surface area contributed by atoms with Crippen LogP contribution in [-0.4, -0.2) is 6.54 Å². The Morgan fingerprint density at radius 3 is 2.70 bits per heavy atom. The standard InChI is InChI=1S/C15H15F3N2/c16-15(17,18)14-8-13(7-6-12(14)9-19)20-10-11-4-2-1-3-5-11/h1-2,6-8,11,20H,3-5,10H2. The van der Waals surface area contributed by atoms with E-state index in [4.69, 9.17) is 5.26 Å². The SMILES string of the molecule is N#Cc1ccc(NCC2CC=CCC2)cc1C(F)(F)F. The van der Waals surface area contributed by atoms with Crippen LogP contribution in [0.1, 0.15) is 30.4 Å². The van der Waals surface area contributed by atoms with E-state index in [-0.39, 0.29) is 5.56 Å². The minimum Gasteiger partial charge on any atom is -0.385 e. The minimum absolute atomic E-state index is 0.344. The van der Waals surface area contributed by atoms with Gasteiger partial charge in [-0.2, -0.15) is 18.4 Å². The third-order valence-corrected chi connectivity index (χ3v) is 3.42. The molecule has 2 nitrogen and oxygen atoms in total. The lowest BCUT2D eigenvalue weighted by atomic mass is 9.94. The molecule has 0 fully saturated rings. The number of alkyl halides is 3. The molecule has 0 radical (unpaired) electrons. The summed E-state index contributed by atoms with van der Waals surface area (Å²) in [5, 5.41) is 11.8. The summed E-state index contributed by atoms with van der Waals surface area (Å²) in [6.07, 6.45) is 2.75. The second-order valence-electron chi connectivity index (χ2n) is 4.90. The highest BCUT2D eigenvalue weighted by molar-refractivity contribution is 5.53. The van der Waals surface area contributed by atoms with Gasteiger partial charge >= 0.3 is 6.18 Å². The Morgan fingerprint density at radius 2 is 2.10 bits per heavy atom. The van der Waals surface area contributed by atoms with Gasteiger partial charge < -0.3 is 5.32 Å². The van der Waals surface area contributed by atoms with Crippen molar-refractivity contribution in [2.24, 2.45) is 5.92 Å². The molecule has 1 atom stereocenters. The van der Waals surface area contributed by atoms with Crippen molar-refractivity contribution in [3.05, 3.63) is 41.5 Å². The van der Waals surface area contributed by atoms with Crippen LogP contribution in [0, 0.1) is 17.2 Å². The summed E-state index contributed by atoms with van der Waals surface area (Å²) in [6, 6.07) is 5.32. The van der Waals surface area contributed by atoms with Gasteiger partial charge in [0.1, 0.15) is 0 Å². The normalized spacial score (nSPS) is 18.6. The first-order chi connectivity index (χ1) is 9.50. The molecule has 0 spiro atoms. The number of allylic oxidation sites excluding steroid dienone is 2. The summed E-state index contributed by atoms with van der Waals surface area (Å²) in [4.78, 5) is 0. The smallest absolute Gasteiger partial charge is 0.385 e. The van der Waals surface area contributed by atoms with Crippen LogP contribution in [-0.2, 0) is 6.18 Å². The first kappa shape index (κ1) is 14.4. The van der Waals surface area contributed by atoms with Crippen LogP contribution in [0.3, 0.4) is 0 Å². The molecule has 0 saturated carbocycles. The van der Waals surface area contributed by atoms with Crippen LogP contribution in [0.2, 0.25) is 0 Å². The molecule has 1 aliphatic carbocycles. The first-order valence-corrected chi connectivity index (χ1v) is 6.51. The van der Waals surface area contributed by atoms with Crippen LogP contribution in [0.15, 0.2) is 30.4 Å². The van der Waals surface area contributed by atoms with Gasteiger partial charge in [0, 0.05) is 12.2 Å². The fourth-order valence-electron chi connectivity index (χ4n) is 2.29. The number of anilines is 1. The number of halogens is 3. The molecule has 106 valence electrons. The highest BCUT2D eigenvalue weighted by Gasteiger charge is 2.33. The Hall–Kier alpha value is -1.96. The van der Waals surface area contributed by atoms with E-state index >= 15 is 0 Å². The van der Waals surface area contributed by atoms with E-state index in [9.17, 15) is 13.2 Å². The molecule has 1 aliphatic rings. The second-order valence-corrected chi connectivity index (χ2v) is 4.90. The van der Waals surface area contributed by atoms with Crippen molar-refractivity contribution in [2.75, 3.05) is 11.9 Å². The van der Waals surface area contributed by atoms with Crippen LogP contribution in [0.4, 0.5) is 18.9 Å². The number of nitrogens with zero attached hydrogens (tertiary/aromatic N) is 1. The Balaban J connectivity index is 2.09. The number of benzene rings is 1. The van der Waals surface area contributed by atoms with Crippen LogP contribution in [0.5, 0.6) is 0 Å². The molecular formula is C15H15F3N2. The van der Waals surface area contributed by atoms with E-state index in [0.717, 1.165) is 25.3 Å². The van der Waals surface area contributed by atoms with Crippen molar-refractivity contribution in [3.63, 3.8) is 0 Å². The number of nitriles is 1. The molecule has 2 rings (SSSR count). The maximum absolute atomic E-state index is 12.8. The Bertz CT molecular complexity index is 541. The lowest BCUT2D eigenvalue weighted by molar-refractivity contribution is -0.137. The average Bonchev–Trinajstić information content (AvgIpc) is 2.45. The molecular weight excluding hydrogens is 265 g/mol. The molecule has 1 aromatic rings. The number of hydrogen-bond acceptors (Lipinski definition) is 2. The average molecular weight is 280 g/mol. The molecule has 0 amide bonds. The van der Waals surface area contributed by atoms with Gasteiger partial charge in [-0.1, -0.05) is 12.2 Å². The quantitative estimate of drug-likeness (QED) is 0.836. The van der Waals surface area contributed by atoms with Gasteiger partial charge in [-0.05, 0) is 43.4 Å². The molecule has 20 heavy (non-hydrogen) atoms. The molecule has 0 saturated heterocycles. The highest BCUT2D eigenvalue weighted by atomic mass is 19.4. The predicted molar refractivity (Wildman–Crippen MR) is 71.1 cm³/mol. The number of hydrogen-bond donors (Lipinski definition) is 1. The maximum Gasteiger partial charge on any atom is 0.417 e. The van der Waals surface area contributed by atoms with Crippen molar-refractivity contribution in [3.8, 4) is 6.07 Å². The molecule has 0 heterocycles. The third-order valence-electron chi connectivity index (χ3n) is 3.42. The maximum atomic E-state index is 12.8. The lowest BCUT2D eigenvalue weighted by Crippen LogP contribution is -2.16. The largest absolute Gasteiger partial charge is 0.417 e. The van der Waals surface area contributed by atoms with Crippen LogP contribution < -0.4 is 5.32 Å². The van der Waals surface area contributed by atoms with Crippen molar-refractivity contribution < 1.29 is 13.2 Å². The van der Waals surface area contributed by atoms with Crippen molar-refractivity contribution >= 4 is 5.69 Å². The van der Waals surface area contributed by atoms with E-state index in [0.29, 0.717) is 18.2 Å². The van der Waals surface area contributed by atoms with Crippen molar-refractivity contribution in [1.29, 1.82) is 5.26 Å².